The molecule has 1 heterocycles. The monoisotopic (exact) mass is 869 g/mol. The Balaban J connectivity index is 1.11. The molecule has 0 spiro atoms. The summed E-state index contributed by atoms with van der Waals surface area (Å²) in [5.74, 6) is 0. The lowest BCUT2D eigenvalue weighted by atomic mass is 9.62. The quantitative estimate of drug-likeness (QED) is 0.122. The van der Waals surface area contributed by atoms with Crippen molar-refractivity contribution in [2.75, 3.05) is 4.90 Å². The highest BCUT2D eigenvalue weighted by atomic mass is 16.3. The Bertz CT molecular complexity index is 4070. The van der Waals surface area contributed by atoms with Gasteiger partial charge in [-0.15, -0.1) is 0 Å². The lowest BCUT2D eigenvalue weighted by molar-refractivity contribution is 0.673. The second-order valence-corrected chi connectivity index (χ2v) is 17.7. The number of hydrogen-bond donors (Lipinski definition) is 0. The summed E-state index contributed by atoms with van der Waals surface area (Å²) in [7, 11) is 58.1. The smallest absolute Gasteiger partial charge is 0.143 e. The molecule has 70 heavy (non-hydrogen) atoms. The normalized spacial score (nSPS) is 11.6. The highest BCUT2D eigenvalue weighted by Gasteiger charge is 2.27. The van der Waals surface area contributed by atoms with E-state index in [1.54, 1.807) is 4.90 Å². The third kappa shape index (κ3) is 6.83. The van der Waals surface area contributed by atoms with E-state index in [2.05, 4.69) is 54.6 Å². The van der Waals surface area contributed by atoms with Crippen molar-refractivity contribution in [3.63, 3.8) is 0 Å². The van der Waals surface area contributed by atoms with E-state index in [9.17, 15) is 0 Å². The summed E-state index contributed by atoms with van der Waals surface area (Å²) in [5, 5.41) is 8.12. The van der Waals surface area contributed by atoms with Gasteiger partial charge in [0.1, 0.15) is 73.9 Å². The van der Waals surface area contributed by atoms with Crippen LogP contribution in [0.3, 0.4) is 0 Å². The molecule has 0 N–H and O–H groups in total. The first kappa shape index (κ1) is 43.6. The molecule has 306 valence electrons. The fourth-order valence-corrected chi connectivity index (χ4v) is 10.4. The van der Waals surface area contributed by atoms with Gasteiger partial charge in [0, 0.05) is 33.2 Å². The second-order valence-electron chi connectivity index (χ2n) is 17.7. The average Bonchev–Trinajstić information content (AvgIpc) is 3.80. The summed E-state index contributed by atoms with van der Waals surface area (Å²) in [6.45, 7) is 0. The van der Waals surface area contributed by atoms with E-state index in [1.165, 1.54) is 0 Å². The molecular weight excluding hydrogens is 837 g/mol. The van der Waals surface area contributed by atoms with Crippen LogP contribution in [0.25, 0.3) is 98.8 Å². The summed E-state index contributed by atoms with van der Waals surface area (Å²) < 4.78 is 6.61. The van der Waals surface area contributed by atoms with Crippen molar-refractivity contribution < 1.29 is 4.42 Å². The molecule has 0 unspecified atom stereocenters. The Morgan fingerprint density at radius 3 is 1.57 bits per heavy atom. The number of rotatable bonds is 7. The molecule has 0 fully saturated rings. The van der Waals surface area contributed by atoms with Gasteiger partial charge in [0.25, 0.3) is 0 Å². The van der Waals surface area contributed by atoms with Crippen LogP contribution in [0, 0.1) is 0 Å². The maximum atomic E-state index is 7.35. The van der Waals surface area contributed by atoms with Crippen molar-refractivity contribution in [2.45, 2.75) is 0 Å². The summed E-state index contributed by atoms with van der Waals surface area (Å²) in [6, 6.07) is 62.8. The van der Waals surface area contributed by atoms with E-state index >= 15 is 0 Å². The van der Waals surface area contributed by atoms with Gasteiger partial charge in [-0.05, 0) is 108 Å². The largest absolute Gasteiger partial charge is 0.455 e. The Kier molecular flexibility index (Phi) is 10.6. The van der Waals surface area contributed by atoms with Crippen LogP contribution in [0.4, 0.5) is 17.1 Å². The summed E-state index contributed by atoms with van der Waals surface area (Å²) >= 11 is 0. The maximum Gasteiger partial charge on any atom is 0.143 e. The molecule has 12 aromatic rings. The first-order valence-corrected chi connectivity index (χ1v) is 22.9. The van der Waals surface area contributed by atoms with Gasteiger partial charge < -0.3 is 9.32 Å². The molecule has 0 saturated carbocycles. The van der Waals surface area contributed by atoms with E-state index in [4.69, 9.17) is 67.2 Å². The lowest BCUT2D eigenvalue weighted by Gasteiger charge is -2.37. The van der Waals surface area contributed by atoms with Crippen molar-refractivity contribution in [3.05, 3.63) is 188 Å². The number of hydrogen-bond acceptors (Lipinski definition) is 2. The summed E-state index contributed by atoms with van der Waals surface area (Å²) in [4.78, 5) is 1.78. The molecular formula is C60H31B8NO. The van der Waals surface area contributed by atoms with Crippen LogP contribution in [0.5, 0.6) is 0 Å². The van der Waals surface area contributed by atoms with Gasteiger partial charge in [-0.25, -0.2) is 0 Å². The molecule has 11 aromatic carbocycles. The lowest BCUT2D eigenvalue weighted by Crippen LogP contribution is -2.50. The third-order valence-electron chi connectivity index (χ3n) is 13.8. The average molecular weight is 868 g/mol. The Hall–Kier alpha value is -7.68. The van der Waals surface area contributed by atoms with Gasteiger partial charge >= 0.3 is 0 Å². The molecule has 0 aliphatic heterocycles. The molecule has 16 radical (unpaired) electrons. The molecule has 0 saturated heterocycles. The number of nitrogens with zero attached hydrogens (tertiary/aromatic N) is 1. The van der Waals surface area contributed by atoms with Crippen LogP contribution in [0.15, 0.2) is 192 Å². The Labute approximate surface area is 417 Å². The van der Waals surface area contributed by atoms with E-state index < -0.39 is 0 Å². The number of furan rings is 1. The van der Waals surface area contributed by atoms with Crippen molar-refractivity contribution in [1.29, 1.82) is 0 Å². The van der Waals surface area contributed by atoms with Crippen molar-refractivity contribution >= 4 is 178 Å². The Morgan fingerprint density at radius 2 is 0.857 bits per heavy atom. The molecule has 0 bridgehead atoms. The van der Waals surface area contributed by atoms with Crippen LogP contribution in [0.1, 0.15) is 0 Å². The van der Waals surface area contributed by atoms with Gasteiger partial charge in [-0.3, -0.25) is 0 Å². The summed E-state index contributed by atoms with van der Waals surface area (Å²) in [6.07, 6.45) is 0. The first-order chi connectivity index (χ1) is 34.1. The highest BCUT2D eigenvalue weighted by molar-refractivity contribution is 6.65. The van der Waals surface area contributed by atoms with Crippen LogP contribution in [0.2, 0.25) is 0 Å². The van der Waals surface area contributed by atoms with Crippen LogP contribution in [-0.2, 0) is 0 Å². The minimum Gasteiger partial charge on any atom is -0.455 e. The van der Waals surface area contributed by atoms with Crippen molar-refractivity contribution in [1.82, 2.24) is 0 Å². The fraction of sp³-hybridized carbons (Fsp3) is 0. The topological polar surface area (TPSA) is 16.4 Å². The van der Waals surface area contributed by atoms with Crippen molar-refractivity contribution in [2.24, 2.45) is 0 Å². The van der Waals surface area contributed by atoms with Crippen LogP contribution < -0.4 is 48.6 Å². The Morgan fingerprint density at radius 1 is 0.314 bits per heavy atom. The van der Waals surface area contributed by atoms with Gasteiger partial charge in [-0.1, -0.05) is 195 Å². The minimum atomic E-state index is 0.146. The molecule has 0 atom stereocenters. The molecule has 0 aliphatic rings. The zero-order valence-electron chi connectivity index (χ0n) is 37.9. The molecule has 0 aliphatic carbocycles. The highest BCUT2D eigenvalue weighted by Crippen LogP contribution is 2.42. The van der Waals surface area contributed by atoms with E-state index in [0.717, 1.165) is 87.6 Å². The number of fused-ring (bicyclic) bond motifs is 8. The molecule has 1 aromatic heterocycles. The predicted molar refractivity (Wildman–Crippen MR) is 306 cm³/mol. The van der Waals surface area contributed by atoms with Crippen LogP contribution >= 0.6 is 0 Å². The molecule has 12 rings (SSSR count). The van der Waals surface area contributed by atoms with Crippen molar-refractivity contribution in [3.8, 4) is 44.5 Å². The van der Waals surface area contributed by atoms with E-state index in [0.29, 0.717) is 16.8 Å². The number of benzene rings is 11. The standard InChI is InChI=1S/C60H31B8NO/c61-50-47(37-19-10-17-34(29-37)32-13-2-1-3-14-32)51(62)55(66)58(54(50)65)69(38-20-11-18-35(30-38)40-25-12-26-46-48(40)44-28-27-33-15-4-7-22-41(33)60(44)70-46)59-56(67)52(63)49(53(64)57(59)68)45-31-36-16-5-6-21-39(36)42-23-8-9-24-43(42)45/h1-31H. The molecule has 0 amide bonds. The predicted octanol–water partition coefficient (Wildman–Crippen LogP) is 7.53. The van der Waals surface area contributed by atoms with Gasteiger partial charge in [0.05, 0.1) is 0 Å². The zero-order chi connectivity index (χ0) is 47.9. The summed E-state index contributed by atoms with van der Waals surface area (Å²) in [5.41, 5.74) is 10.4. The third-order valence-corrected chi connectivity index (χ3v) is 13.8. The molecule has 2 nitrogen and oxygen atoms in total. The molecule has 10 heteroatoms. The SMILES string of the molecule is [B]c1c([B])c(N(c2cccc(-c3cccc4oc5c6ccccc6ccc5c34)c2)c2c([B])c([B])c(-c3cc4ccccc4c4ccccc34)c([B])c2[B])c([B])c([B])c1-c1cccc(-c2ccccc2)c1. The van der Waals surface area contributed by atoms with Gasteiger partial charge in [-0.2, -0.15) is 0 Å². The second kappa shape index (κ2) is 17.1. The van der Waals surface area contributed by atoms with Gasteiger partial charge in [0.2, 0.25) is 0 Å². The van der Waals surface area contributed by atoms with E-state index in [1.807, 2.05) is 133 Å². The van der Waals surface area contributed by atoms with Crippen LogP contribution in [-0.4, -0.2) is 62.8 Å². The fourth-order valence-electron chi connectivity index (χ4n) is 10.4. The zero-order valence-corrected chi connectivity index (χ0v) is 37.9. The first-order valence-electron chi connectivity index (χ1n) is 22.9. The minimum absolute atomic E-state index is 0.146. The van der Waals surface area contributed by atoms with Gasteiger partial charge in [0.15, 0.2) is 0 Å². The van der Waals surface area contributed by atoms with E-state index in [-0.39, 0.29) is 55.1 Å². The number of anilines is 3. The maximum absolute atomic E-state index is 7.35.